The van der Waals surface area contributed by atoms with E-state index < -0.39 is 5.91 Å². The quantitative estimate of drug-likeness (QED) is 0.441. The molecule has 1 unspecified atom stereocenters. The molecule has 3 aromatic heterocycles. The Morgan fingerprint density at radius 3 is 2.68 bits per heavy atom. The third-order valence-corrected chi connectivity index (χ3v) is 6.69. The van der Waals surface area contributed by atoms with Crippen LogP contribution in [0.15, 0.2) is 34.9 Å². The summed E-state index contributed by atoms with van der Waals surface area (Å²) in [7, 11) is 0. The highest BCUT2D eigenvalue weighted by atomic mass is 16.3. The second-order valence-electron chi connectivity index (χ2n) is 9.35. The molecular formula is C27H30N6O4. The third-order valence-electron chi connectivity index (χ3n) is 6.69. The van der Waals surface area contributed by atoms with Crippen molar-refractivity contribution < 1.29 is 18.8 Å². The molecular weight excluding hydrogens is 472 g/mol. The summed E-state index contributed by atoms with van der Waals surface area (Å²) in [4.78, 5) is 48.9. The van der Waals surface area contributed by atoms with Crippen molar-refractivity contribution in [2.24, 2.45) is 5.92 Å². The smallest absolute Gasteiger partial charge is 0.294 e. The molecule has 3 aromatic rings. The molecule has 192 valence electrons. The Kier molecular flexibility index (Phi) is 7.82. The number of pyridine rings is 2. The molecule has 1 fully saturated rings. The number of aryl methyl sites for hydroxylation is 1. The number of fused-ring (bicyclic) bond motifs is 1. The van der Waals surface area contributed by atoms with E-state index in [1.54, 1.807) is 18.3 Å². The number of hydrogen-bond donors (Lipinski definition) is 2. The minimum absolute atomic E-state index is 0.0507. The fourth-order valence-electron chi connectivity index (χ4n) is 4.51. The van der Waals surface area contributed by atoms with Crippen molar-refractivity contribution in [1.82, 2.24) is 14.9 Å². The van der Waals surface area contributed by atoms with Crippen molar-refractivity contribution in [3.63, 3.8) is 0 Å². The van der Waals surface area contributed by atoms with E-state index in [1.165, 1.54) is 6.07 Å². The number of aromatic nitrogens is 2. The molecule has 2 atom stereocenters. The highest BCUT2D eigenvalue weighted by Crippen LogP contribution is 2.32. The van der Waals surface area contributed by atoms with Gasteiger partial charge in [-0.05, 0) is 63.3 Å². The SMILES string of the molecule is CC[C@H](CCC(C)N1CCCC1=O)C(=O)Nc1c(C(=O)Nc2ccc(C)cn2)oc2ccc(C#N)nc12. The molecule has 0 saturated carbocycles. The number of nitriles is 1. The van der Waals surface area contributed by atoms with Gasteiger partial charge in [-0.1, -0.05) is 13.0 Å². The monoisotopic (exact) mass is 502 g/mol. The number of nitrogens with zero attached hydrogens (tertiary/aromatic N) is 4. The largest absolute Gasteiger partial charge is 0.447 e. The lowest BCUT2D eigenvalue weighted by molar-refractivity contribution is -0.129. The highest BCUT2D eigenvalue weighted by Gasteiger charge is 2.29. The Labute approximate surface area is 215 Å². The van der Waals surface area contributed by atoms with Gasteiger partial charge in [-0.3, -0.25) is 14.4 Å². The molecule has 4 heterocycles. The summed E-state index contributed by atoms with van der Waals surface area (Å²) in [5, 5.41) is 14.8. The van der Waals surface area contributed by atoms with E-state index in [0.29, 0.717) is 31.5 Å². The molecule has 0 bridgehead atoms. The lowest BCUT2D eigenvalue weighted by atomic mass is 9.96. The summed E-state index contributed by atoms with van der Waals surface area (Å²) < 4.78 is 5.78. The second-order valence-corrected chi connectivity index (χ2v) is 9.35. The Bertz CT molecular complexity index is 1360. The summed E-state index contributed by atoms with van der Waals surface area (Å²) >= 11 is 0. The third kappa shape index (κ3) is 5.77. The predicted molar refractivity (Wildman–Crippen MR) is 138 cm³/mol. The first-order valence-corrected chi connectivity index (χ1v) is 12.5. The molecule has 10 nitrogen and oxygen atoms in total. The molecule has 1 aliphatic heterocycles. The number of anilines is 2. The minimum Gasteiger partial charge on any atom is -0.447 e. The molecule has 0 aromatic carbocycles. The first kappa shape index (κ1) is 25.8. The van der Waals surface area contributed by atoms with E-state index >= 15 is 0 Å². The number of furan rings is 1. The molecule has 1 saturated heterocycles. The van der Waals surface area contributed by atoms with E-state index in [1.807, 2.05) is 37.8 Å². The Hall–Kier alpha value is -4.26. The normalized spacial score (nSPS) is 14.9. The fourth-order valence-corrected chi connectivity index (χ4v) is 4.51. The molecule has 37 heavy (non-hydrogen) atoms. The molecule has 0 aliphatic carbocycles. The van der Waals surface area contributed by atoms with Crippen LogP contribution in [-0.4, -0.2) is 45.2 Å². The van der Waals surface area contributed by atoms with Gasteiger partial charge in [-0.2, -0.15) is 5.26 Å². The first-order valence-electron chi connectivity index (χ1n) is 12.5. The molecule has 10 heteroatoms. The van der Waals surface area contributed by atoms with Crippen molar-refractivity contribution in [2.45, 2.75) is 58.9 Å². The lowest BCUT2D eigenvalue weighted by Crippen LogP contribution is -2.35. The molecule has 0 radical (unpaired) electrons. The highest BCUT2D eigenvalue weighted by molar-refractivity contribution is 6.13. The molecule has 1 aliphatic rings. The van der Waals surface area contributed by atoms with Gasteiger partial charge in [-0.25, -0.2) is 9.97 Å². The van der Waals surface area contributed by atoms with Crippen LogP contribution in [0, 0.1) is 24.2 Å². The van der Waals surface area contributed by atoms with Crippen molar-refractivity contribution in [1.29, 1.82) is 5.26 Å². The number of nitrogens with one attached hydrogen (secondary N) is 2. The van der Waals surface area contributed by atoms with Crippen LogP contribution in [0.1, 0.15) is 67.8 Å². The van der Waals surface area contributed by atoms with Gasteiger partial charge in [0.2, 0.25) is 17.6 Å². The Morgan fingerprint density at radius 2 is 2.03 bits per heavy atom. The van der Waals surface area contributed by atoms with E-state index in [2.05, 4.69) is 20.6 Å². The van der Waals surface area contributed by atoms with Crippen LogP contribution < -0.4 is 10.6 Å². The van der Waals surface area contributed by atoms with Gasteiger partial charge in [0, 0.05) is 31.1 Å². The second kappa shape index (κ2) is 11.2. The maximum absolute atomic E-state index is 13.3. The van der Waals surface area contributed by atoms with Crippen LogP contribution in [0.4, 0.5) is 11.5 Å². The average Bonchev–Trinajstić information content (AvgIpc) is 3.48. The van der Waals surface area contributed by atoms with Gasteiger partial charge in [0.25, 0.3) is 5.91 Å². The Balaban J connectivity index is 1.56. The zero-order chi connectivity index (χ0) is 26.5. The standard InChI is InChI=1S/C27H30N6O4/c1-4-18(9-8-17(3)33-13-5-6-22(33)34)26(35)32-24-23-20(11-10-19(14-28)30-23)37-25(24)27(36)31-21-12-7-16(2)15-29-21/h7,10-12,15,17-18H,4-6,8-9,13H2,1-3H3,(H,32,35)(H,29,31,36)/t17?,18-/m1/s1. The number of amides is 3. The van der Waals surface area contributed by atoms with Gasteiger partial charge in [0.1, 0.15) is 28.8 Å². The van der Waals surface area contributed by atoms with E-state index in [0.717, 1.165) is 18.5 Å². The van der Waals surface area contributed by atoms with Gasteiger partial charge in [0.15, 0.2) is 5.58 Å². The Morgan fingerprint density at radius 1 is 1.22 bits per heavy atom. The summed E-state index contributed by atoms with van der Waals surface area (Å²) in [5.74, 6) is -0.865. The summed E-state index contributed by atoms with van der Waals surface area (Å²) in [6.45, 7) is 6.57. The summed E-state index contributed by atoms with van der Waals surface area (Å²) in [6, 6.07) is 8.53. The van der Waals surface area contributed by atoms with Crippen LogP contribution in [0.5, 0.6) is 0 Å². The van der Waals surface area contributed by atoms with E-state index in [-0.39, 0.29) is 52.0 Å². The van der Waals surface area contributed by atoms with Gasteiger partial charge >= 0.3 is 0 Å². The number of hydrogen-bond acceptors (Lipinski definition) is 7. The van der Waals surface area contributed by atoms with Gasteiger partial charge < -0.3 is 20.0 Å². The lowest BCUT2D eigenvalue weighted by Gasteiger charge is -2.25. The molecule has 2 N–H and O–H groups in total. The van der Waals surface area contributed by atoms with Crippen LogP contribution in [-0.2, 0) is 9.59 Å². The fraction of sp³-hybridized carbons (Fsp3) is 0.407. The van der Waals surface area contributed by atoms with Crippen molar-refractivity contribution in [3.8, 4) is 6.07 Å². The topological polar surface area (TPSA) is 141 Å². The van der Waals surface area contributed by atoms with E-state index in [4.69, 9.17) is 4.42 Å². The van der Waals surface area contributed by atoms with Gasteiger partial charge in [0.05, 0.1) is 0 Å². The number of likely N-dealkylation sites (tertiary alicyclic amines) is 1. The zero-order valence-electron chi connectivity index (χ0n) is 21.2. The van der Waals surface area contributed by atoms with Crippen molar-refractivity contribution in [3.05, 3.63) is 47.5 Å². The van der Waals surface area contributed by atoms with Crippen LogP contribution >= 0.6 is 0 Å². The first-order chi connectivity index (χ1) is 17.8. The van der Waals surface area contributed by atoms with Crippen molar-refractivity contribution >= 4 is 40.3 Å². The van der Waals surface area contributed by atoms with Gasteiger partial charge in [-0.15, -0.1) is 0 Å². The van der Waals surface area contributed by atoms with E-state index in [9.17, 15) is 19.6 Å². The van der Waals surface area contributed by atoms with Crippen molar-refractivity contribution in [2.75, 3.05) is 17.2 Å². The zero-order valence-corrected chi connectivity index (χ0v) is 21.2. The molecule has 0 spiro atoms. The number of rotatable bonds is 9. The van der Waals surface area contributed by atoms with Crippen LogP contribution in [0.25, 0.3) is 11.1 Å². The predicted octanol–water partition coefficient (Wildman–Crippen LogP) is 4.41. The number of carbonyl (C=O) groups excluding carboxylic acids is 3. The summed E-state index contributed by atoms with van der Waals surface area (Å²) in [6.07, 6.45) is 4.92. The average molecular weight is 503 g/mol. The van der Waals surface area contributed by atoms with Crippen LogP contribution in [0.3, 0.4) is 0 Å². The molecule has 3 amide bonds. The maximum Gasteiger partial charge on any atom is 0.294 e. The minimum atomic E-state index is -0.600. The summed E-state index contributed by atoms with van der Waals surface area (Å²) in [5.41, 5.74) is 1.68. The van der Waals surface area contributed by atoms with Crippen LogP contribution in [0.2, 0.25) is 0 Å². The number of carbonyl (C=O) groups is 3. The maximum atomic E-state index is 13.3. The molecule has 4 rings (SSSR count).